The number of nitrogens with two attached hydrogens (primary N) is 1. The smallest absolute Gasteiger partial charge is 0.387 e. The zero-order valence-corrected chi connectivity index (χ0v) is 14.0. The number of esters is 1. The third-order valence-corrected chi connectivity index (χ3v) is 2.39. The van der Waals surface area contributed by atoms with Gasteiger partial charge in [0.25, 0.3) is 5.69 Å². The first-order valence-electron chi connectivity index (χ1n) is 6.38. The molecule has 0 heterocycles. The summed E-state index contributed by atoms with van der Waals surface area (Å²) in [7, 11) is 0. The molecule has 0 atom stereocenters. The number of carbonyl (C=O) groups excluding carboxylic acids is 2. The molecule has 1 aromatic rings. The molecule has 0 aliphatic carbocycles. The number of hydrogen-bond donors (Lipinski definition) is 2. The highest BCUT2D eigenvalue weighted by molar-refractivity contribution is 8.13. The second-order valence-corrected chi connectivity index (χ2v) is 4.51. The summed E-state index contributed by atoms with van der Waals surface area (Å²) in [6, 6.07) is 5.56. The number of rotatable bonds is 4. The first-order chi connectivity index (χ1) is 11.3. The van der Waals surface area contributed by atoms with Gasteiger partial charge in [-0.05, 0) is 13.2 Å². The van der Waals surface area contributed by atoms with Gasteiger partial charge in [-0.1, -0.05) is 38.7 Å². The Morgan fingerprint density at radius 3 is 2.38 bits per heavy atom. The van der Waals surface area contributed by atoms with Crippen molar-refractivity contribution in [2.75, 3.05) is 19.4 Å². The van der Waals surface area contributed by atoms with Crippen LogP contribution in [0, 0.1) is 22.1 Å². The van der Waals surface area contributed by atoms with Crippen LogP contribution in [0.2, 0.25) is 0 Å². The van der Waals surface area contributed by atoms with Gasteiger partial charge >= 0.3 is 12.5 Å². The molecular formula is C16H26N4O5S. The fourth-order valence-corrected chi connectivity index (χ4v) is 0.983. The molecule has 1 aromatic carbocycles. The molecule has 1 rings (SSSR count). The Labute approximate surface area is 158 Å². The van der Waals surface area contributed by atoms with E-state index in [9.17, 15) is 19.7 Å². The average Bonchev–Trinajstić information content (AvgIpc) is 2.56. The number of amidine groups is 1. The van der Waals surface area contributed by atoms with Crippen LogP contribution >= 0.6 is 11.8 Å². The Bertz CT molecular complexity index is 603. The summed E-state index contributed by atoms with van der Waals surface area (Å²) < 4.78 is 4.43. The van der Waals surface area contributed by atoms with Crippen molar-refractivity contribution in [3.8, 4) is 0 Å². The minimum atomic E-state index is -0.535. The summed E-state index contributed by atoms with van der Waals surface area (Å²) in [4.78, 5) is 32.8. The van der Waals surface area contributed by atoms with Gasteiger partial charge < -0.3 is 15.3 Å². The Kier molecular flexibility index (Phi) is 23.9. The van der Waals surface area contributed by atoms with Crippen molar-refractivity contribution in [3.05, 3.63) is 51.4 Å². The van der Waals surface area contributed by atoms with E-state index in [-0.39, 0.29) is 32.3 Å². The molecule has 0 aromatic heterocycles. The molecular weight excluding hydrogens is 360 g/mol. The third kappa shape index (κ3) is 19.1. The van der Waals surface area contributed by atoms with E-state index in [0.29, 0.717) is 18.5 Å². The summed E-state index contributed by atoms with van der Waals surface area (Å²) in [6.07, 6.45) is 2.34. The van der Waals surface area contributed by atoms with Crippen LogP contribution in [-0.4, -0.2) is 41.8 Å². The van der Waals surface area contributed by atoms with Gasteiger partial charge in [-0.2, -0.15) is 0 Å². The molecule has 0 aliphatic rings. The number of nitro groups is 1. The van der Waals surface area contributed by atoms with Gasteiger partial charge in [0.1, 0.15) is 6.29 Å². The van der Waals surface area contributed by atoms with Gasteiger partial charge in [0, 0.05) is 17.7 Å². The molecule has 0 saturated carbocycles. The summed E-state index contributed by atoms with van der Waals surface area (Å²) in [6.45, 7) is 8.14. The fraction of sp³-hybridized carbons (Fsp3) is 0.375. The molecule has 0 spiro atoms. The van der Waals surface area contributed by atoms with Crippen LogP contribution in [-0.2, 0) is 9.53 Å². The second kappa shape index (κ2) is 20.1. The zero-order chi connectivity index (χ0) is 19.0. The number of ether oxygens (including phenoxy) is 1. The highest BCUT2D eigenvalue weighted by Gasteiger charge is 2.03. The molecule has 0 amide bonds. The highest BCUT2D eigenvalue weighted by Crippen LogP contribution is 2.10. The number of nitrogens with one attached hydrogen (secondary N) is 1. The number of nitrogens with zero attached hydrogens (tertiary/aromatic N) is 2. The van der Waals surface area contributed by atoms with Crippen molar-refractivity contribution in [1.82, 2.24) is 0 Å². The number of hydrogen-bond acceptors (Lipinski definition) is 7. The van der Waals surface area contributed by atoms with Gasteiger partial charge in [-0.3, -0.25) is 20.3 Å². The Hall–Kier alpha value is -2.93. The normalized spacial score (nSPS) is 7.58. The first-order valence-corrected chi connectivity index (χ1v) is 7.61. The molecule has 0 fully saturated rings. The molecule has 0 radical (unpaired) electrons. The van der Waals surface area contributed by atoms with E-state index in [1.165, 1.54) is 36.0 Å². The number of thioether (sulfide) groups is 1. The van der Waals surface area contributed by atoms with E-state index < -0.39 is 10.9 Å². The van der Waals surface area contributed by atoms with Crippen LogP contribution in [0.25, 0.3) is 4.85 Å². The van der Waals surface area contributed by atoms with Crippen molar-refractivity contribution in [2.24, 2.45) is 5.73 Å². The predicted octanol–water partition coefficient (Wildman–Crippen LogP) is 3.39. The summed E-state index contributed by atoms with van der Waals surface area (Å²) >= 11 is 1.24. The number of benzene rings is 1. The minimum Gasteiger partial charge on any atom is -0.460 e. The van der Waals surface area contributed by atoms with Crippen LogP contribution in [0.15, 0.2) is 24.3 Å². The third-order valence-electron chi connectivity index (χ3n) is 1.95. The fourth-order valence-electron chi connectivity index (χ4n) is 0.983. The van der Waals surface area contributed by atoms with E-state index in [0.717, 1.165) is 0 Å². The Morgan fingerprint density at radius 2 is 2.04 bits per heavy atom. The van der Waals surface area contributed by atoms with Gasteiger partial charge in [-0.15, -0.1) is 0 Å². The molecule has 0 aliphatic heterocycles. The van der Waals surface area contributed by atoms with Gasteiger partial charge in [0.2, 0.25) is 0 Å². The highest BCUT2D eigenvalue weighted by atomic mass is 32.2. The van der Waals surface area contributed by atoms with E-state index in [1.807, 2.05) is 0 Å². The predicted molar refractivity (Wildman–Crippen MR) is 105 cm³/mol. The lowest BCUT2D eigenvalue weighted by Crippen LogP contribution is -2.05. The first kappa shape index (κ1) is 30.9. The van der Waals surface area contributed by atoms with E-state index >= 15 is 0 Å². The van der Waals surface area contributed by atoms with Crippen LogP contribution in [0.1, 0.15) is 32.1 Å². The van der Waals surface area contributed by atoms with Crippen LogP contribution in [0.4, 0.5) is 5.69 Å². The molecule has 0 unspecified atom stereocenters. The maximum absolute atomic E-state index is 10.2. The van der Waals surface area contributed by atoms with E-state index in [1.54, 1.807) is 13.2 Å². The van der Waals surface area contributed by atoms with Crippen molar-refractivity contribution in [3.63, 3.8) is 0 Å². The molecule has 26 heavy (non-hydrogen) atoms. The van der Waals surface area contributed by atoms with Crippen molar-refractivity contribution >= 4 is 34.9 Å². The molecule has 0 bridgehead atoms. The van der Waals surface area contributed by atoms with Crippen LogP contribution < -0.4 is 5.73 Å². The van der Waals surface area contributed by atoms with Gasteiger partial charge in [0.05, 0.1) is 11.5 Å². The lowest BCUT2D eigenvalue weighted by molar-refractivity contribution is -0.384. The zero-order valence-electron chi connectivity index (χ0n) is 13.2. The Morgan fingerprint density at radius 1 is 1.50 bits per heavy atom. The van der Waals surface area contributed by atoms with Crippen molar-refractivity contribution in [1.29, 1.82) is 5.41 Å². The quantitative estimate of drug-likeness (QED) is 0.154. The molecule has 10 heteroatoms. The molecule has 146 valence electrons. The second-order valence-electron chi connectivity index (χ2n) is 3.66. The van der Waals surface area contributed by atoms with Crippen LogP contribution in [0.5, 0.6) is 0 Å². The van der Waals surface area contributed by atoms with Crippen LogP contribution in [0.3, 0.4) is 0 Å². The maximum Gasteiger partial charge on any atom is 0.387 e. The Balaban J connectivity index is -0.000000144. The maximum atomic E-state index is 10.2. The summed E-state index contributed by atoms with van der Waals surface area (Å²) in [5.74, 6) is -0.442. The van der Waals surface area contributed by atoms with E-state index in [2.05, 4.69) is 9.58 Å². The number of non-ortho nitro benzene ring substituents is 1. The molecule has 3 N–H and O–H groups in total. The molecule has 9 nitrogen and oxygen atoms in total. The van der Waals surface area contributed by atoms with Gasteiger partial charge in [-0.25, -0.2) is 11.4 Å². The number of aldehydes is 1. The summed E-state index contributed by atoms with van der Waals surface area (Å²) in [5.41, 5.74) is 5.10. The largest absolute Gasteiger partial charge is 0.460 e. The molecule has 0 saturated heterocycles. The van der Waals surface area contributed by atoms with Crippen molar-refractivity contribution in [2.45, 2.75) is 21.8 Å². The van der Waals surface area contributed by atoms with Crippen molar-refractivity contribution < 1.29 is 19.2 Å². The topological polar surface area (TPSA) is 141 Å². The van der Waals surface area contributed by atoms with E-state index in [4.69, 9.17) is 17.7 Å². The van der Waals surface area contributed by atoms with Gasteiger partial charge in [0.15, 0.2) is 5.17 Å². The summed E-state index contributed by atoms with van der Waals surface area (Å²) in [5, 5.41) is 16.8. The number of nitro benzene ring substituents is 1. The number of carbonyl (C=O) groups is 2. The lowest BCUT2D eigenvalue weighted by Gasteiger charge is -1.90. The SMILES string of the molecule is C.C.CSC(=N)N.O=Cc1cccc([N+](=O)[O-])c1.[C-]#[N+]CC(=O)OCC. The standard InChI is InChI=1S/C7H5NO3.C5H7NO2.C2H6N2S.2CH4/c9-5-6-2-1-3-7(4-6)8(10)11;1-3-8-5(7)4-6-2;1-5-2(3)4;;/h1-5H;3-4H2,1H3;1H3,(H3,3,4);2*1H4. The minimum absolute atomic E-state index is 0. The average molecular weight is 386 g/mol. The lowest BCUT2D eigenvalue weighted by atomic mass is 10.2. The monoisotopic (exact) mass is 386 g/mol.